The van der Waals surface area contributed by atoms with Crippen LogP contribution >= 0.6 is 0 Å². The van der Waals surface area contributed by atoms with Crippen LogP contribution in [-0.2, 0) is 17.4 Å². The molecule has 0 aliphatic heterocycles. The van der Waals surface area contributed by atoms with E-state index in [4.69, 9.17) is 0 Å². The Bertz CT molecular complexity index is 472. The van der Waals surface area contributed by atoms with Gasteiger partial charge in [0, 0.05) is 0 Å². The largest absolute Gasteiger partial charge is 0.421 e. The van der Waals surface area contributed by atoms with Crippen LogP contribution in [0, 0.1) is 0 Å². The normalized spacial score (nSPS) is 16.1. The van der Waals surface area contributed by atoms with Crippen molar-refractivity contribution < 1.29 is 18.3 Å². The first kappa shape index (κ1) is 17.0. The van der Waals surface area contributed by atoms with Crippen LogP contribution in [0.3, 0.4) is 0 Å². The maximum atomic E-state index is 13.3. The van der Waals surface area contributed by atoms with Crippen molar-refractivity contribution in [2.75, 3.05) is 0 Å². The Morgan fingerprint density at radius 2 is 1.60 bits per heavy atom. The summed E-state index contributed by atoms with van der Waals surface area (Å²) in [6.07, 6.45) is -4.61. The molecule has 0 aliphatic rings. The van der Waals surface area contributed by atoms with E-state index in [-0.39, 0.29) is 11.0 Å². The van der Waals surface area contributed by atoms with Crippen LogP contribution in [0.15, 0.2) is 18.2 Å². The van der Waals surface area contributed by atoms with Crippen LogP contribution < -0.4 is 0 Å². The van der Waals surface area contributed by atoms with Gasteiger partial charge in [-0.15, -0.1) is 0 Å². The average Bonchev–Trinajstić information content (AvgIpc) is 2.34. The number of aliphatic hydroxyl groups is 1. The number of rotatable bonds is 3. The lowest BCUT2D eigenvalue weighted by Crippen LogP contribution is -2.42. The van der Waals surface area contributed by atoms with Gasteiger partial charge in [-0.2, -0.15) is 13.2 Å². The molecule has 0 saturated carbocycles. The Balaban J connectivity index is 3.55. The molecule has 0 aliphatic carbocycles. The molecule has 0 heterocycles. The molecule has 0 saturated heterocycles. The molecule has 1 nitrogen and oxygen atoms in total. The van der Waals surface area contributed by atoms with E-state index in [1.807, 2.05) is 26.8 Å². The van der Waals surface area contributed by atoms with Gasteiger partial charge in [-0.25, -0.2) is 0 Å². The van der Waals surface area contributed by atoms with Crippen LogP contribution in [0.4, 0.5) is 13.2 Å². The summed E-state index contributed by atoms with van der Waals surface area (Å²) in [4.78, 5) is 0. The SMILES string of the molecule is CCc1ccc(C(C)(C)C)cc1C(O)(CC)C(F)(F)F. The second-order valence-electron chi connectivity index (χ2n) is 6.19. The number of hydrogen-bond donors (Lipinski definition) is 1. The van der Waals surface area contributed by atoms with E-state index in [9.17, 15) is 18.3 Å². The molecular weight excluding hydrogens is 265 g/mol. The Morgan fingerprint density at radius 1 is 1.05 bits per heavy atom. The monoisotopic (exact) mass is 288 g/mol. The molecule has 1 atom stereocenters. The quantitative estimate of drug-likeness (QED) is 0.854. The first-order chi connectivity index (χ1) is 8.97. The van der Waals surface area contributed by atoms with E-state index < -0.39 is 18.2 Å². The predicted octanol–water partition coefficient (Wildman–Crippen LogP) is 4.71. The van der Waals surface area contributed by atoms with Gasteiger partial charge in [-0.1, -0.05) is 52.8 Å². The summed E-state index contributed by atoms with van der Waals surface area (Å²) in [6, 6.07) is 5.05. The predicted molar refractivity (Wildman–Crippen MR) is 74.8 cm³/mol. The Labute approximate surface area is 118 Å². The van der Waals surface area contributed by atoms with E-state index >= 15 is 0 Å². The third-order valence-corrected chi connectivity index (χ3v) is 3.78. The minimum atomic E-state index is -4.68. The van der Waals surface area contributed by atoms with Gasteiger partial charge in [0.05, 0.1) is 0 Å². The molecule has 20 heavy (non-hydrogen) atoms. The molecule has 4 heteroatoms. The van der Waals surface area contributed by atoms with E-state index in [2.05, 4.69) is 0 Å². The number of hydrogen-bond acceptors (Lipinski definition) is 1. The van der Waals surface area contributed by atoms with Crippen LogP contribution in [0.1, 0.15) is 57.7 Å². The molecule has 1 aromatic carbocycles. The first-order valence-electron chi connectivity index (χ1n) is 6.90. The molecule has 0 amide bonds. The van der Waals surface area contributed by atoms with Crippen molar-refractivity contribution in [3.05, 3.63) is 34.9 Å². The third-order valence-electron chi connectivity index (χ3n) is 3.78. The molecule has 0 aromatic heterocycles. The second-order valence-corrected chi connectivity index (χ2v) is 6.19. The maximum Gasteiger partial charge on any atom is 0.421 e. The smallest absolute Gasteiger partial charge is 0.376 e. The Hall–Kier alpha value is -1.03. The standard InChI is InChI=1S/C16H23F3O/c1-6-11-8-9-12(14(3,4)5)10-13(11)15(20,7-2)16(17,18)19/h8-10,20H,6-7H2,1-5H3. The zero-order chi connectivity index (χ0) is 15.8. The number of alkyl halides is 3. The lowest BCUT2D eigenvalue weighted by atomic mass is 9.80. The summed E-state index contributed by atoms with van der Waals surface area (Å²) in [5.41, 5.74) is -1.72. The van der Waals surface area contributed by atoms with Gasteiger partial charge < -0.3 is 5.11 Å². The van der Waals surface area contributed by atoms with Crippen molar-refractivity contribution in [2.45, 2.75) is 64.7 Å². The van der Waals surface area contributed by atoms with Crippen LogP contribution in [0.5, 0.6) is 0 Å². The highest BCUT2D eigenvalue weighted by molar-refractivity contribution is 5.39. The van der Waals surface area contributed by atoms with Crippen LogP contribution in [0.2, 0.25) is 0 Å². The van der Waals surface area contributed by atoms with Crippen LogP contribution in [0.25, 0.3) is 0 Å². The molecular formula is C16H23F3O. The van der Waals surface area contributed by atoms with Crippen molar-refractivity contribution in [3.63, 3.8) is 0 Å². The lowest BCUT2D eigenvalue weighted by Gasteiger charge is -2.33. The van der Waals surface area contributed by atoms with Crippen LogP contribution in [-0.4, -0.2) is 11.3 Å². The van der Waals surface area contributed by atoms with Gasteiger partial charge >= 0.3 is 6.18 Å². The van der Waals surface area contributed by atoms with E-state index in [1.165, 1.54) is 13.0 Å². The van der Waals surface area contributed by atoms with E-state index in [1.54, 1.807) is 13.0 Å². The summed E-state index contributed by atoms with van der Waals surface area (Å²) in [7, 11) is 0. The van der Waals surface area contributed by atoms with Gasteiger partial charge in [-0.3, -0.25) is 0 Å². The summed E-state index contributed by atoms with van der Waals surface area (Å²) < 4.78 is 39.9. The topological polar surface area (TPSA) is 20.2 Å². The van der Waals surface area contributed by atoms with Crippen molar-refractivity contribution in [1.82, 2.24) is 0 Å². The first-order valence-corrected chi connectivity index (χ1v) is 6.90. The summed E-state index contributed by atoms with van der Waals surface area (Å²) >= 11 is 0. The fraction of sp³-hybridized carbons (Fsp3) is 0.625. The highest BCUT2D eigenvalue weighted by Gasteiger charge is 2.54. The van der Waals surface area contributed by atoms with Crippen molar-refractivity contribution in [1.29, 1.82) is 0 Å². The minimum Gasteiger partial charge on any atom is -0.376 e. The fourth-order valence-corrected chi connectivity index (χ4v) is 2.28. The van der Waals surface area contributed by atoms with Gasteiger partial charge in [0.15, 0.2) is 5.60 Å². The Morgan fingerprint density at radius 3 is 1.95 bits per heavy atom. The summed E-state index contributed by atoms with van der Waals surface area (Å²) in [6.45, 7) is 8.97. The average molecular weight is 288 g/mol. The molecule has 1 rings (SSSR count). The summed E-state index contributed by atoms with van der Waals surface area (Å²) in [5.74, 6) is 0. The Kier molecular flexibility index (Phi) is 4.59. The lowest BCUT2D eigenvalue weighted by molar-refractivity contribution is -0.268. The van der Waals surface area contributed by atoms with Gasteiger partial charge in [0.1, 0.15) is 0 Å². The third kappa shape index (κ3) is 3.00. The molecule has 1 unspecified atom stereocenters. The zero-order valence-electron chi connectivity index (χ0n) is 12.7. The van der Waals surface area contributed by atoms with E-state index in [0.29, 0.717) is 12.0 Å². The number of aryl methyl sites for hydroxylation is 1. The fourth-order valence-electron chi connectivity index (χ4n) is 2.28. The minimum absolute atomic E-state index is 0.0116. The molecule has 0 fully saturated rings. The highest BCUT2D eigenvalue weighted by atomic mass is 19.4. The van der Waals surface area contributed by atoms with Gasteiger partial charge in [-0.05, 0) is 34.9 Å². The number of benzene rings is 1. The zero-order valence-corrected chi connectivity index (χ0v) is 12.7. The molecule has 114 valence electrons. The van der Waals surface area contributed by atoms with Gasteiger partial charge in [0.2, 0.25) is 0 Å². The maximum absolute atomic E-state index is 13.3. The second kappa shape index (κ2) is 5.40. The van der Waals surface area contributed by atoms with Crippen molar-refractivity contribution in [2.24, 2.45) is 0 Å². The van der Waals surface area contributed by atoms with E-state index in [0.717, 1.165) is 5.56 Å². The summed E-state index contributed by atoms with van der Waals surface area (Å²) in [5, 5.41) is 10.2. The molecule has 1 aromatic rings. The van der Waals surface area contributed by atoms with Crippen molar-refractivity contribution >= 4 is 0 Å². The molecule has 0 bridgehead atoms. The van der Waals surface area contributed by atoms with Gasteiger partial charge in [0.25, 0.3) is 0 Å². The number of halogens is 3. The van der Waals surface area contributed by atoms with Crippen molar-refractivity contribution in [3.8, 4) is 0 Å². The molecule has 1 N–H and O–H groups in total. The molecule has 0 spiro atoms. The molecule has 0 radical (unpaired) electrons. The highest BCUT2D eigenvalue weighted by Crippen LogP contribution is 2.44.